The zero-order valence-electron chi connectivity index (χ0n) is 8.93. The number of rotatable bonds is 4. The molecule has 0 aromatic heterocycles. The molecule has 86 valence electrons. The van der Waals surface area contributed by atoms with Crippen LogP contribution in [0.5, 0.6) is 0 Å². The van der Waals surface area contributed by atoms with Gasteiger partial charge in [-0.3, -0.25) is 4.79 Å². The standard InChI is InChI=1S/C11H14N2O3/c1-7(6-12)10(14)13-9-4-2-8(3-5-9)11(15)16/h2-5,7H,6,12H2,1H3,(H,13,14)(H,15,16). The van der Waals surface area contributed by atoms with E-state index in [4.69, 9.17) is 10.8 Å². The van der Waals surface area contributed by atoms with Gasteiger partial charge in [0.15, 0.2) is 0 Å². The third kappa shape index (κ3) is 3.06. The lowest BCUT2D eigenvalue weighted by Crippen LogP contribution is -2.26. The highest BCUT2D eigenvalue weighted by molar-refractivity contribution is 5.93. The Morgan fingerprint density at radius 1 is 1.38 bits per heavy atom. The maximum Gasteiger partial charge on any atom is 0.335 e. The summed E-state index contributed by atoms with van der Waals surface area (Å²) in [6, 6.07) is 5.96. The summed E-state index contributed by atoms with van der Waals surface area (Å²) in [5, 5.41) is 11.3. The minimum atomic E-state index is -0.992. The number of amides is 1. The number of anilines is 1. The van der Waals surface area contributed by atoms with Gasteiger partial charge in [-0.1, -0.05) is 6.92 Å². The number of carbonyl (C=O) groups excluding carboxylic acids is 1. The monoisotopic (exact) mass is 222 g/mol. The molecule has 1 atom stereocenters. The minimum absolute atomic E-state index is 0.175. The van der Waals surface area contributed by atoms with Crippen LogP contribution in [0.15, 0.2) is 24.3 Å². The quantitative estimate of drug-likeness (QED) is 0.706. The Balaban J connectivity index is 2.69. The van der Waals surface area contributed by atoms with Crippen LogP contribution in [0.4, 0.5) is 5.69 Å². The van der Waals surface area contributed by atoms with Crippen LogP contribution in [0.25, 0.3) is 0 Å². The van der Waals surface area contributed by atoms with Crippen molar-refractivity contribution >= 4 is 17.6 Å². The second kappa shape index (κ2) is 5.27. The van der Waals surface area contributed by atoms with Crippen molar-refractivity contribution in [2.75, 3.05) is 11.9 Å². The molecule has 0 aliphatic heterocycles. The maximum absolute atomic E-state index is 11.5. The van der Waals surface area contributed by atoms with Gasteiger partial charge in [-0.15, -0.1) is 0 Å². The van der Waals surface area contributed by atoms with Crippen LogP contribution in [0, 0.1) is 5.92 Å². The Labute approximate surface area is 93.3 Å². The fraction of sp³-hybridized carbons (Fsp3) is 0.273. The number of carbonyl (C=O) groups is 2. The van der Waals surface area contributed by atoms with E-state index < -0.39 is 5.97 Å². The number of hydrogen-bond donors (Lipinski definition) is 3. The van der Waals surface area contributed by atoms with E-state index in [0.717, 1.165) is 0 Å². The first-order valence-corrected chi connectivity index (χ1v) is 4.89. The van der Waals surface area contributed by atoms with Crippen LogP contribution in [-0.2, 0) is 4.79 Å². The number of nitrogens with two attached hydrogens (primary N) is 1. The largest absolute Gasteiger partial charge is 0.478 e. The van der Waals surface area contributed by atoms with Crippen molar-refractivity contribution in [2.24, 2.45) is 11.7 Å². The summed E-state index contributed by atoms with van der Waals surface area (Å²) < 4.78 is 0. The third-order valence-corrected chi connectivity index (χ3v) is 2.20. The molecule has 5 heteroatoms. The van der Waals surface area contributed by atoms with Crippen molar-refractivity contribution < 1.29 is 14.7 Å². The van der Waals surface area contributed by atoms with Gasteiger partial charge in [-0.25, -0.2) is 4.79 Å². The van der Waals surface area contributed by atoms with Crippen LogP contribution in [0.3, 0.4) is 0 Å². The number of carboxylic acid groups (broad SMARTS) is 1. The van der Waals surface area contributed by atoms with Crippen molar-refractivity contribution in [2.45, 2.75) is 6.92 Å². The second-order valence-electron chi connectivity index (χ2n) is 3.51. The molecule has 0 heterocycles. The molecule has 0 radical (unpaired) electrons. The fourth-order valence-corrected chi connectivity index (χ4v) is 1.07. The predicted octanol–water partition coefficient (Wildman–Crippen LogP) is 0.918. The zero-order valence-corrected chi connectivity index (χ0v) is 8.93. The van der Waals surface area contributed by atoms with Gasteiger partial charge in [0, 0.05) is 18.2 Å². The van der Waals surface area contributed by atoms with Gasteiger partial charge < -0.3 is 16.2 Å². The molecule has 0 bridgehead atoms. The van der Waals surface area contributed by atoms with E-state index in [1.807, 2.05) is 0 Å². The first-order chi connectivity index (χ1) is 7.54. The summed E-state index contributed by atoms with van der Waals surface area (Å²) in [6.07, 6.45) is 0. The third-order valence-electron chi connectivity index (χ3n) is 2.20. The smallest absolute Gasteiger partial charge is 0.335 e. The molecule has 1 aromatic rings. The molecule has 1 unspecified atom stereocenters. The van der Waals surface area contributed by atoms with Crippen molar-refractivity contribution in [1.82, 2.24) is 0 Å². The molecule has 0 fully saturated rings. The average molecular weight is 222 g/mol. The highest BCUT2D eigenvalue weighted by Crippen LogP contribution is 2.10. The van der Waals surface area contributed by atoms with E-state index in [9.17, 15) is 9.59 Å². The van der Waals surface area contributed by atoms with Gasteiger partial charge in [-0.2, -0.15) is 0 Å². The van der Waals surface area contributed by atoms with Crippen LogP contribution < -0.4 is 11.1 Å². The number of carboxylic acids is 1. The molecule has 0 aliphatic carbocycles. The zero-order chi connectivity index (χ0) is 12.1. The van der Waals surface area contributed by atoms with Crippen LogP contribution >= 0.6 is 0 Å². The molecule has 0 saturated carbocycles. The molecule has 16 heavy (non-hydrogen) atoms. The van der Waals surface area contributed by atoms with Crippen LogP contribution in [-0.4, -0.2) is 23.5 Å². The Morgan fingerprint density at radius 3 is 2.38 bits per heavy atom. The molecule has 0 spiro atoms. The first-order valence-electron chi connectivity index (χ1n) is 4.89. The average Bonchev–Trinajstić information content (AvgIpc) is 2.28. The maximum atomic E-state index is 11.5. The molecular weight excluding hydrogens is 208 g/mol. The van der Waals surface area contributed by atoms with E-state index in [1.165, 1.54) is 12.1 Å². The Kier molecular flexibility index (Phi) is 4.02. The van der Waals surface area contributed by atoms with Gasteiger partial charge >= 0.3 is 5.97 Å². The van der Waals surface area contributed by atoms with Gasteiger partial charge in [0.1, 0.15) is 0 Å². The van der Waals surface area contributed by atoms with Crippen molar-refractivity contribution in [3.8, 4) is 0 Å². The number of nitrogens with one attached hydrogen (secondary N) is 1. The molecule has 0 saturated heterocycles. The summed E-state index contributed by atoms with van der Waals surface area (Å²) in [7, 11) is 0. The lowest BCUT2D eigenvalue weighted by molar-refractivity contribution is -0.119. The summed E-state index contributed by atoms with van der Waals surface area (Å²) in [5.74, 6) is -1.43. The Morgan fingerprint density at radius 2 is 1.94 bits per heavy atom. The van der Waals surface area contributed by atoms with Crippen LogP contribution in [0.2, 0.25) is 0 Å². The predicted molar refractivity (Wildman–Crippen MR) is 60.2 cm³/mol. The van der Waals surface area contributed by atoms with Crippen LogP contribution in [0.1, 0.15) is 17.3 Å². The summed E-state index contributed by atoms with van der Waals surface area (Å²) in [5.41, 5.74) is 6.10. The second-order valence-corrected chi connectivity index (χ2v) is 3.51. The van der Waals surface area contributed by atoms with E-state index in [-0.39, 0.29) is 23.9 Å². The SMILES string of the molecule is CC(CN)C(=O)Nc1ccc(C(=O)O)cc1. The summed E-state index contributed by atoms with van der Waals surface area (Å²) >= 11 is 0. The first kappa shape index (κ1) is 12.2. The molecule has 1 amide bonds. The van der Waals surface area contributed by atoms with E-state index in [1.54, 1.807) is 19.1 Å². The lowest BCUT2D eigenvalue weighted by atomic mass is 10.1. The normalized spacial score (nSPS) is 11.9. The number of benzene rings is 1. The Bertz CT molecular complexity index is 387. The lowest BCUT2D eigenvalue weighted by Gasteiger charge is -2.09. The Hall–Kier alpha value is -1.88. The van der Waals surface area contributed by atoms with Gasteiger partial charge in [0.25, 0.3) is 0 Å². The topological polar surface area (TPSA) is 92.4 Å². The van der Waals surface area contributed by atoms with Crippen molar-refractivity contribution in [3.05, 3.63) is 29.8 Å². The highest BCUT2D eigenvalue weighted by atomic mass is 16.4. The molecule has 1 rings (SSSR count). The fourth-order valence-electron chi connectivity index (χ4n) is 1.07. The highest BCUT2D eigenvalue weighted by Gasteiger charge is 2.10. The van der Waals surface area contributed by atoms with Crippen molar-refractivity contribution in [3.63, 3.8) is 0 Å². The minimum Gasteiger partial charge on any atom is -0.478 e. The van der Waals surface area contributed by atoms with Gasteiger partial charge in [0.05, 0.1) is 5.56 Å². The molecule has 4 N–H and O–H groups in total. The van der Waals surface area contributed by atoms with E-state index >= 15 is 0 Å². The summed E-state index contributed by atoms with van der Waals surface area (Å²) in [4.78, 5) is 22.0. The van der Waals surface area contributed by atoms with E-state index in [2.05, 4.69) is 5.32 Å². The van der Waals surface area contributed by atoms with Gasteiger partial charge in [0.2, 0.25) is 5.91 Å². The molecule has 0 aliphatic rings. The number of hydrogen-bond acceptors (Lipinski definition) is 3. The number of aromatic carboxylic acids is 1. The van der Waals surface area contributed by atoms with E-state index in [0.29, 0.717) is 5.69 Å². The van der Waals surface area contributed by atoms with Gasteiger partial charge in [-0.05, 0) is 24.3 Å². The molecular formula is C11H14N2O3. The summed E-state index contributed by atoms with van der Waals surface area (Å²) in [6.45, 7) is 2.00. The molecule has 1 aromatic carbocycles. The van der Waals surface area contributed by atoms with Crippen molar-refractivity contribution in [1.29, 1.82) is 0 Å². The molecule has 5 nitrogen and oxygen atoms in total.